The number of amides is 1. The van der Waals surface area contributed by atoms with Crippen molar-refractivity contribution in [2.75, 3.05) is 5.32 Å². The van der Waals surface area contributed by atoms with Gasteiger partial charge >= 0.3 is 0 Å². The number of aryl methyl sites for hydroxylation is 1. The van der Waals surface area contributed by atoms with Crippen molar-refractivity contribution in [2.45, 2.75) is 0 Å². The molecule has 0 unspecified atom stereocenters. The Bertz CT molecular complexity index is 933. The summed E-state index contributed by atoms with van der Waals surface area (Å²) in [5.41, 5.74) is 7.03. The van der Waals surface area contributed by atoms with Crippen LogP contribution >= 0.6 is 0 Å². The number of hydrogen-bond acceptors (Lipinski definition) is 5. The van der Waals surface area contributed by atoms with E-state index >= 15 is 0 Å². The van der Waals surface area contributed by atoms with E-state index in [9.17, 15) is 4.79 Å². The molecule has 0 aliphatic heterocycles. The number of anilines is 2. The first-order valence-electron chi connectivity index (χ1n) is 7.11. The van der Waals surface area contributed by atoms with Gasteiger partial charge < -0.3 is 11.1 Å². The second-order valence-electron chi connectivity index (χ2n) is 4.99. The van der Waals surface area contributed by atoms with Crippen LogP contribution in [0.15, 0.2) is 48.9 Å². The topological polar surface area (TPSA) is 98.7 Å². The van der Waals surface area contributed by atoms with Crippen LogP contribution in [-0.2, 0) is 7.05 Å². The lowest BCUT2D eigenvalue weighted by Gasteiger charge is -2.00. The van der Waals surface area contributed by atoms with Gasteiger partial charge in [0, 0.05) is 42.8 Å². The van der Waals surface area contributed by atoms with Crippen molar-refractivity contribution < 1.29 is 4.79 Å². The van der Waals surface area contributed by atoms with Crippen molar-refractivity contribution in [3.63, 3.8) is 0 Å². The third kappa shape index (κ3) is 3.75. The fraction of sp³-hybridized carbons (Fsp3) is 0.0588. The number of carbonyl (C=O) groups is 1. The summed E-state index contributed by atoms with van der Waals surface area (Å²) in [7, 11) is 1.83. The molecule has 3 aromatic rings. The van der Waals surface area contributed by atoms with Gasteiger partial charge in [-0.3, -0.25) is 9.48 Å². The Morgan fingerprint density at radius 2 is 1.92 bits per heavy atom. The highest BCUT2D eigenvalue weighted by molar-refractivity contribution is 5.93. The molecule has 1 aromatic carbocycles. The number of hydrogen-bond donors (Lipinski definition) is 2. The van der Waals surface area contributed by atoms with Crippen molar-refractivity contribution in [1.29, 1.82) is 0 Å². The molecule has 24 heavy (non-hydrogen) atoms. The first-order chi connectivity index (χ1) is 11.6. The quantitative estimate of drug-likeness (QED) is 0.712. The highest BCUT2D eigenvalue weighted by Crippen LogP contribution is 2.09. The van der Waals surface area contributed by atoms with Gasteiger partial charge in [0.1, 0.15) is 0 Å². The zero-order valence-corrected chi connectivity index (χ0v) is 12.9. The highest BCUT2D eigenvalue weighted by Gasteiger charge is 2.01. The van der Waals surface area contributed by atoms with Crippen LogP contribution in [0.25, 0.3) is 0 Å². The third-order valence-corrected chi connectivity index (χ3v) is 3.10. The van der Waals surface area contributed by atoms with Crippen LogP contribution in [0.1, 0.15) is 21.5 Å². The van der Waals surface area contributed by atoms with Crippen LogP contribution in [0.5, 0.6) is 0 Å². The summed E-state index contributed by atoms with van der Waals surface area (Å²) in [6.07, 6.45) is 5.05. The predicted molar refractivity (Wildman–Crippen MR) is 89.5 cm³/mol. The molecule has 0 fully saturated rings. The average Bonchev–Trinajstić information content (AvgIpc) is 2.99. The highest BCUT2D eigenvalue weighted by atomic mass is 16.1. The molecule has 0 atom stereocenters. The number of benzene rings is 1. The largest absolute Gasteiger partial charge is 0.366 e. The molecule has 0 radical (unpaired) electrons. The molecule has 2 aromatic heterocycles. The van der Waals surface area contributed by atoms with Crippen LogP contribution < -0.4 is 11.1 Å². The van der Waals surface area contributed by atoms with E-state index in [1.165, 1.54) is 0 Å². The molecule has 0 saturated heterocycles. The Morgan fingerprint density at radius 3 is 2.58 bits per heavy atom. The average molecular weight is 318 g/mol. The fourth-order valence-electron chi connectivity index (χ4n) is 1.95. The zero-order valence-electron chi connectivity index (χ0n) is 12.9. The maximum atomic E-state index is 11.2. The molecule has 0 aliphatic rings. The molecule has 2 heterocycles. The second kappa shape index (κ2) is 6.62. The summed E-state index contributed by atoms with van der Waals surface area (Å²) in [6, 6.07) is 8.66. The predicted octanol–water partition coefficient (Wildman–Crippen LogP) is 1.45. The monoisotopic (exact) mass is 318 g/mol. The zero-order chi connectivity index (χ0) is 16.9. The minimum absolute atomic E-state index is 0.424. The standard InChI is InChI=1S/C17H14N6O/c1-23-8-7-15(22-23)21-17-19-10-13(11-20-17)6-5-12-3-2-4-14(9-12)16(18)24/h2-4,7-11H,1H3,(H2,18,24)(H,19,20,21,22). The molecule has 118 valence electrons. The normalized spacial score (nSPS) is 9.88. The number of primary amides is 1. The molecule has 3 N–H and O–H groups in total. The van der Waals surface area contributed by atoms with Gasteiger partial charge in [0.25, 0.3) is 0 Å². The van der Waals surface area contributed by atoms with Gasteiger partial charge in [0.15, 0.2) is 5.82 Å². The molecule has 3 rings (SSSR count). The van der Waals surface area contributed by atoms with Gasteiger partial charge in [0.05, 0.1) is 5.56 Å². The molecule has 0 spiro atoms. The van der Waals surface area contributed by atoms with E-state index in [4.69, 9.17) is 5.73 Å². The first kappa shape index (κ1) is 15.2. The Kier molecular flexibility index (Phi) is 4.21. The van der Waals surface area contributed by atoms with Gasteiger partial charge in [-0.15, -0.1) is 0 Å². The van der Waals surface area contributed by atoms with Crippen molar-refractivity contribution in [3.05, 3.63) is 65.6 Å². The number of aromatic nitrogens is 4. The molecule has 7 heteroatoms. The van der Waals surface area contributed by atoms with E-state index in [0.29, 0.717) is 28.5 Å². The van der Waals surface area contributed by atoms with E-state index in [1.54, 1.807) is 41.3 Å². The minimum atomic E-state index is -0.480. The van der Waals surface area contributed by atoms with Crippen LogP contribution in [0, 0.1) is 11.8 Å². The van der Waals surface area contributed by atoms with Crippen molar-refractivity contribution in [2.24, 2.45) is 12.8 Å². The summed E-state index contributed by atoms with van der Waals surface area (Å²) < 4.78 is 1.68. The Hall–Kier alpha value is -3.66. The van der Waals surface area contributed by atoms with E-state index in [-0.39, 0.29) is 0 Å². The van der Waals surface area contributed by atoms with E-state index in [0.717, 1.165) is 0 Å². The number of nitrogens with zero attached hydrogens (tertiary/aromatic N) is 4. The van der Waals surface area contributed by atoms with Crippen molar-refractivity contribution >= 4 is 17.7 Å². The number of nitrogens with two attached hydrogens (primary N) is 1. The molecular formula is C17H14N6O. The second-order valence-corrected chi connectivity index (χ2v) is 4.99. The maximum Gasteiger partial charge on any atom is 0.248 e. The van der Waals surface area contributed by atoms with Crippen LogP contribution in [0.3, 0.4) is 0 Å². The van der Waals surface area contributed by atoms with Gasteiger partial charge in [-0.1, -0.05) is 17.9 Å². The van der Waals surface area contributed by atoms with Crippen LogP contribution in [-0.4, -0.2) is 25.7 Å². The SMILES string of the molecule is Cn1ccc(Nc2ncc(C#Cc3cccc(C(N)=O)c3)cn2)n1. The number of rotatable bonds is 3. The Balaban J connectivity index is 1.73. The van der Waals surface area contributed by atoms with E-state index < -0.39 is 5.91 Å². The van der Waals surface area contributed by atoms with Gasteiger partial charge in [-0.05, 0) is 18.2 Å². The van der Waals surface area contributed by atoms with E-state index in [2.05, 4.69) is 32.2 Å². The Morgan fingerprint density at radius 1 is 1.17 bits per heavy atom. The maximum absolute atomic E-state index is 11.2. The number of nitrogens with one attached hydrogen (secondary N) is 1. The lowest BCUT2D eigenvalue weighted by Crippen LogP contribution is -2.10. The first-order valence-corrected chi connectivity index (χ1v) is 7.11. The minimum Gasteiger partial charge on any atom is -0.366 e. The van der Waals surface area contributed by atoms with E-state index in [1.807, 2.05) is 19.3 Å². The van der Waals surface area contributed by atoms with Crippen LogP contribution in [0.2, 0.25) is 0 Å². The van der Waals surface area contributed by atoms with Gasteiger partial charge in [-0.25, -0.2) is 9.97 Å². The lowest BCUT2D eigenvalue weighted by atomic mass is 10.1. The van der Waals surface area contributed by atoms with Gasteiger partial charge in [-0.2, -0.15) is 5.10 Å². The molecule has 7 nitrogen and oxygen atoms in total. The Labute approximate surface area is 138 Å². The molecule has 1 amide bonds. The van der Waals surface area contributed by atoms with Gasteiger partial charge in [0.2, 0.25) is 11.9 Å². The molecule has 0 bridgehead atoms. The van der Waals surface area contributed by atoms with Crippen LogP contribution in [0.4, 0.5) is 11.8 Å². The third-order valence-electron chi connectivity index (χ3n) is 3.10. The van der Waals surface area contributed by atoms with Crippen molar-refractivity contribution in [3.8, 4) is 11.8 Å². The number of carbonyl (C=O) groups excluding carboxylic acids is 1. The summed E-state index contributed by atoms with van der Waals surface area (Å²) in [6.45, 7) is 0. The molecular weight excluding hydrogens is 304 g/mol. The smallest absolute Gasteiger partial charge is 0.248 e. The fourth-order valence-corrected chi connectivity index (χ4v) is 1.95. The summed E-state index contributed by atoms with van der Waals surface area (Å²) in [4.78, 5) is 19.5. The summed E-state index contributed by atoms with van der Waals surface area (Å²) >= 11 is 0. The summed E-state index contributed by atoms with van der Waals surface area (Å²) in [5, 5.41) is 7.18. The molecule has 0 saturated carbocycles. The lowest BCUT2D eigenvalue weighted by molar-refractivity contribution is 0.100. The summed E-state index contributed by atoms with van der Waals surface area (Å²) in [5.74, 6) is 6.53. The van der Waals surface area contributed by atoms with Crippen molar-refractivity contribution in [1.82, 2.24) is 19.7 Å². The molecule has 0 aliphatic carbocycles.